The minimum atomic E-state index is -0.154. The van der Waals surface area contributed by atoms with Gasteiger partial charge in [0.1, 0.15) is 0 Å². The van der Waals surface area contributed by atoms with Gasteiger partial charge in [-0.15, -0.1) is 11.7 Å². The highest BCUT2D eigenvalue weighted by Gasteiger charge is 2.32. The van der Waals surface area contributed by atoms with Crippen LogP contribution in [0.4, 0.5) is 5.69 Å². The first-order chi connectivity index (χ1) is 12.7. The number of hydrogen-bond acceptors (Lipinski definition) is 3. The second-order valence-corrected chi connectivity index (χ2v) is 6.12. The van der Waals surface area contributed by atoms with Gasteiger partial charge in [-0.05, 0) is 19.1 Å². The van der Waals surface area contributed by atoms with Crippen LogP contribution in [0, 0.1) is 6.92 Å². The second-order valence-electron chi connectivity index (χ2n) is 6.12. The molecule has 26 heavy (non-hydrogen) atoms. The number of nitrogens with zero attached hydrogens (tertiary/aromatic N) is 3. The van der Waals surface area contributed by atoms with E-state index in [2.05, 4.69) is 21.8 Å². The lowest BCUT2D eigenvalue weighted by atomic mass is 10.1. The lowest BCUT2D eigenvalue weighted by Crippen LogP contribution is -2.30. The Hall–Kier alpha value is -3.47. The van der Waals surface area contributed by atoms with Crippen LogP contribution in [0.5, 0.6) is 0 Å². The number of aromatic nitrogens is 1. The Labute approximate surface area is 151 Å². The third-order valence-corrected chi connectivity index (χ3v) is 4.50. The van der Waals surface area contributed by atoms with Crippen molar-refractivity contribution < 1.29 is 4.79 Å². The predicted octanol–water partition coefficient (Wildman–Crippen LogP) is 3.83. The van der Waals surface area contributed by atoms with Crippen molar-refractivity contribution in [2.24, 2.45) is 10.2 Å². The summed E-state index contributed by atoms with van der Waals surface area (Å²) in [6, 6.07) is 15.6. The van der Waals surface area contributed by atoms with Gasteiger partial charge in [0.15, 0.2) is 5.71 Å². The topological polar surface area (TPSA) is 60.8 Å². The first-order valence-electron chi connectivity index (χ1n) is 8.41. The maximum Gasteiger partial charge on any atom is 0.279 e. The Morgan fingerprint density at radius 3 is 2.77 bits per heavy atom. The fraction of sp³-hybridized carbons (Fsp3) is 0.0952. The molecular formula is C21H18N4O. The highest BCUT2D eigenvalue weighted by Crippen LogP contribution is 2.29. The van der Waals surface area contributed by atoms with Crippen LogP contribution in [0.25, 0.3) is 10.9 Å². The van der Waals surface area contributed by atoms with E-state index < -0.39 is 0 Å². The molecule has 4 rings (SSSR count). The molecule has 5 nitrogen and oxygen atoms in total. The summed E-state index contributed by atoms with van der Waals surface area (Å²) >= 11 is 0. The number of aromatic amines is 1. The summed E-state index contributed by atoms with van der Waals surface area (Å²) in [6.07, 6.45) is 3.41. The Bertz CT molecular complexity index is 1070. The largest absolute Gasteiger partial charge is 0.358 e. The summed E-state index contributed by atoms with van der Waals surface area (Å²) in [7, 11) is 0. The van der Waals surface area contributed by atoms with E-state index >= 15 is 0 Å². The fourth-order valence-corrected chi connectivity index (χ4v) is 3.28. The average Bonchev–Trinajstić information content (AvgIpc) is 3.11. The number of carbonyl (C=O) groups is 1. The smallest absolute Gasteiger partial charge is 0.279 e. The standard InChI is InChI=1S/C21H18N4O/c1-3-12-25-19-11-7-5-9-16(19)20(21(25)26)24-22-13-17-14(2)23-18-10-6-4-8-15(17)18/h3-11,13,23H,1,12H2,2H3. The van der Waals surface area contributed by atoms with Gasteiger partial charge in [0.25, 0.3) is 5.91 Å². The molecule has 1 aliphatic heterocycles. The third-order valence-electron chi connectivity index (χ3n) is 4.50. The minimum Gasteiger partial charge on any atom is -0.358 e. The van der Waals surface area contributed by atoms with Gasteiger partial charge in [0.05, 0.1) is 11.9 Å². The van der Waals surface area contributed by atoms with Crippen molar-refractivity contribution in [2.75, 3.05) is 11.4 Å². The molecule has 0 atom stereocenters. The number of aryl methyl sites for hydroxylation is 1. The van der Waals surface area contributed by atoms with Gasteiger partial charge >= 0.3 is 0 Å². The van der Waals surface area contributed by atoms with E-state index in [0.717, 1.165) is 33.4 Å². The van der Waals surface area contributed by atoms with E-state index in [-0.39, 0.29) is 5.91 Å². The van der Waals surface area contributed by atoms with Crippen LogP contribution < -0.4 is 4.90 Å². The Balaban J connectivity index is 1.72. The highest BCUT2D eigenvalue weighted by atomic mass is 16.2. The van der Waals surface area contributed by atoms with E-state index in [1.807, 2.05) is 55.5 Å². The lowest BCUT2D eigenvalue weighted by Gasteiger charge is -2.13. The maximum absolute atomic E-state index is 12.7. The molecule has 128 valence electrons. The summed E-state index contributed by atoms with van der Waals surface area (Å²) in [5.74, 6) is -0.154. The van der Waals surface area contributed by atoms with Crippen molar-refractivity contribution in [2.45, 2.75) is 6.92 Å². The molecule has 0 unspecified atom stereocenters. The van der Waals surface area contributed by atoms with Gasteiger partial charge in [0, 0.05) is 34.3 Å². The number of anilines is 1. The van der Waals surface area contributed by atoms with E-state index in [1.54, 1.807) is 17.2 Å². The van der Waals surface area contributed by atoms with Crippen LogP contribution in [-0.2, 0) is 4.79 Å². The Morgan fingerprint density at radius 2 is 1.92 bits per heavy atom. The van der Waals surface area contributed by atoms with Gasteiger partial charge in [-0.3, -0.25) is 4.79 Å². The van der Waals surface area contributed by atoms with Gasteiger partial charge in [-0.25, -0.2) is 0 Å². The molecule has 0 aliphatic carbocycles. The number of hydrogen-bond donors (Lipinski definition) is 1. The molecule has 0 saturated heterocycles. The molecular weight excluding hydrogens is 324 g/mol. The zero-order valence-corrected chi connectivity index (χ0v) is 14.4. The summed E-state index contributed by atoms with van der Waals surface area (Å²) in [6.45, 7) is 6.17. The summed E-state index contributed by atoms with van der Waals surface area (Å²) in [4.78, 5) is 17.7. The summed E-state index contributed by atoms with van der Waals surface area (Å²) in [5, 5.41) is 9.55. The normalized spacial score (nSPS) is 15.3. The van der Waals surface area contributed by atoms with Crippen LogP contribution in [-0.4, -0.2) is 29.4 Å². The quantitative estimate of drug-likeness (QED) is 0.437. The number of H-pyrrole nitrogens is 1. The van der Waals surface area contributed by atoms with E-state index in [4.69, 9.17) is 0 Å². The molecule has 3 aromatic rings. The molecule has 0 spiro atoms. The molecule has 2 aromatic carbocycles. The number of rotatable bonds is 4. The van der Waals surface area contributed by atoms with Crippen molar-refractivity contribution in [1.82, 2.24) is 4.98 Å². The van der Waals surface area contributed by atoms with Crippen molar-refractivity contribution in [3.05, 3.63) is 78.0 Å². The lowest BCUT2D eigenvalue weighted by molar-refractivity contribution is -0.112. The van der Waals surface area contributed by atoms with Gasteiger partial charge in [-0.1, -0.05) is 42.5 Å². The zero-order chi connectivity index (χ0) is 18.1. The van der Waals surface area contributed by atoms with Crippen molar-refractivity contribution >= 4 is 34.4 Å². The number of fused-ring (bicyclic) bond motifs is 2. The van der Waals surface area contributed by atoms with Gasteiger partial charge in [-0.2, -0.15) is 5.10 Å². The van der Waals surface area contributed by atoms with E-state index in [9.17, 15) is 4.79 Å². The Morgan fingerprint density at radius 1 is 1.15 bits per heavy atom. The molecule has 1 amide bonds. The van der Waals surface area contributed by atoms with Crippen molar-refractivity contribution in [1.29, 1.82) is 0 Å². The zero-order valence-electron chi connectivity index (χ0n) is 14.4. The monoisotopic (exact) mass is 342 g/mol. The van der Waals surface area contributed by atoms with E-state index in [0.29, 0.717) is 12.3 Å². The van der Waals surface area contributed by atoms with E-state index in [1.165, 1.54) is 0 Å². The fourth-order valence-electron chi connectivity index (χ4n) is 3.28. The van der Waals surface area contributed by atoms with Crippen molar-refractivity contribution in [3.8, 4) is 0 Å². The molecule has 1 aliphatic rings. The van der Waals surface area contributed by atoms with Gasteiger partial charge < -0.3 is 9.88 Å². The molecule has 5 heteroatoms. The number of benzene rings is 2. The predicted molar refractivity (Wildman–Crippen MR) is 106 cm³/mol. The minimum absolute atomic E-state index is 0.154. The molecule has 1 aromatic heterocycles. The molecule has 2 heterocycles. The number of amides is 1. The van der Waals surface area contributed by atoms with Crippen LogP contribution in [0.1, 0.15) is 16.8 Å². The number of carbonyl (C=O) groups excluding carboxylic acids is 1. The molecule has 0 saturated carbocycles. The van der Waals surface area contributed by atoms with Crippen LogP contribution >= 0.6 is 0 Å². The Kier molecular flexibility index (Phi) is 3.97. The SMILES string of the molecule is C=CCN1C(=O)C(=NN=Cc2c(C)[nH]c3ccccc23)c2ccccc21. The van der Waals surface area contributed by atoms with Crippen molar-refractivity contribution in [3.63, 3.8) is 0 Å². The van der Waals surface area contributed by atoms with Crippen LogP contribution in [0.3, 0.4) is 0 Å². The molecule has 0 fully saturated rings. The van der Waals surface area contributed by atoms with Gasteiger partial charge in [0.2, 0.25) is 0 Å². The third kappa shape index (κ3) is 2.54. The molecule has 0 radical (unpaired) electrons. The summed E-state index contributed by atoms with van der Waals surface area (Å²) < 4.78 is 0. The maximum atomic E-state index is 12.7. The average molecular weight is 342 g/mol. The van der Waals surface area contributed by atoms with Crippen LogP contribution in [0.2, 0.25) is 0 Å². The first-order valence-corrected chi connectivity index (χ1v) is 8.41. The second kappa shape index (κ2) is 6.44. The molecule has 0 bridgehead atoms. The molecule has 1 N–H and O–H groups in total. The summed E-state index contributed by atoms with van der Waals surface area (Å²) in [5.41, 5.74) is 5.05. The highest BCUT2D eigenvalue weighted by molar-refractivity contribution is 6.54. The first kappa shape index (κ1) is 16.0. The number of nitrogens with one attached hydrogen (secondary N) is 1. The number of para-hydroxylation sites is 2. The van der Waals surface area contributed by atoms with Crippen LogP contribution in [0.15, 0.2) is 71.4 Å².